The third kappa shape index (κ3) is 3.09. The molecule has 2 aromatic rings. The van der Waals surface area contributed by atoms with Crippen LogP contribution in [0.4, 0.5) is 18.9 Å². The van der Waals surface area contributed by atoms with Crippen molar-refractivity contribution in [3.8, 4) is 11.1 Å². The lowest BCUT2D eigenvalue weighted by Crippen LogP contribution is -2.33. The molecule has 5 heteroatoms. The van der Waals surface area contributed by atoms with E-state index in [4.69, 9.17) is 0 Å². The van der Waals surface area contributed by atoms with Crippen LogP contribution in [0, 0.1) is 0 Å². The average molecular weight is 319 g/mol. The van der Waals surface area contributed by atoms with Crippen molar-refractivity contribution in [1.82, 2.24) is 0 Å². The Bertz CT molecular complexity index is 752. The molecule has 1 aliphatic heterocycles. The lowest BCUT2D eigenvalue weighted by Gasteiger charge is -2.29. The van der Waals surface area contributed by atoms with Crippen LogP contribution in [0.25, 0.3) is 11.1 Å². The number of alkyl halides is 3. The summed E-state index contributed by atoms with van der Waals surface area (Å²) in [7, 11) is 0. The second kappa shape index (κ2) is 5.72. The second-order valence-corrected chi connectivity index (χ2v) is 5.70. The van der Waals surface area contributed by atoms with Gasteiger partial charge in [0.2, 0.25) is 5.91 Å². The maximum Gasteiger partial charge on any atom is 0.416 e. The minimum atomic E-state index is -4.35. The van der Waals surface area contributed by atoms with Gasteiger partial charge < -0.3 is 4.90 Å². The number of fused-ring (bicyclic) bond motifs is 1. The molecule has 3 rings (SSSR count). The van der Waals surface area contributed by atoms with Crippen LogP contribution in [0.2, 0.25) is 0 Å². The lowest BCUT2D eigenvalue weighted by molar-refractivity contribution is -0.137. The molecular weight excluding hydrogens is 303 g/mol. The molecule has 1 heterocycles. The molecule has 0 unspecified atom stereocenters. The van der Waals surface area contributed by atoms with E-state index in [-0.39, 0.29) is 5.91 Å². The van der Waals surface area contributed by atoms with E-state index >= 15 is 0 Å². The largest absolute Gasteiger partial charge is 0.416 e. The number of nitrogens with zero attached hydrogens (tertiary/aromatic N) is 1. The van der Waals surface area contributed by atoms with Crippen molar-refractivity contribution in [2.75, 3.05) is 11.4 Å². The van der Waals surface area contributed by atoms with Crippen LogP contribution in [0.15, 0.2) is 42.5 Å². The van der Waals surface area contributed by atoms with E-state index in [0.29, 0.717) is 12.1 Å². The van der Waals surface area contributed by atoms with Crippen LogP contribution < -0.4 is 4.90 Å². The highest BCUT2D eigenvalue weighted by atomic mass is 19.4. The number of halogens is 3. The zero-order chi connectivity index (χ0) is 16.6. The molecule has 0 fully saturated rings. The Hall–Kier alpha value is -2.30. The fourth-order valence-electron chi connectivity index (χ4n) is 2.98. The molecule has 2 nitrogen and oxygen atoms in total. The van der Waals surface area contributed by atoms with Crippen LogP contribution in [0.5, 0.6) is 0 Å². The highest BCUT2D eigenvalue weighted by Gasteiger charge is 2.30. The molecule has 23 heavy (non-hydrogen) atoms. The van der Waals surface area contributed by atoms with Gasteiger partial charge in [-0.15, -0.1) is 0 Å². The Morgan fingerprint density at radius 2 is 1.83 bits per heavy atom. The van der Waals surface area contributed by atoms with Gasteiger partial charge >= 0.3 is 6.18 Å². The zero-order valence-electron chi connectivity index (χ0n) is 12.7. The molecule has 0 aliphatic carbocycles. The minimum Gasteiger partial charge on any atom is -0.312 e. The number of hydrogen-bond donors (Lipinski definition) is 0. The van der Waals surface area contributed by atoms with Crippen molar-refractivity contribution in [1.29, 1.82) is 0 Å². The summed E-state index contributed by atoms with van der Waals surface area (Å²) in [5, 5.41) is 0. The Morgan fingerprint density at radius 1 is 1.09 bits per heavy atom. The van der Waals surface area contributed by atoms with Crippen molar-refractivity contribution < 1.29 is 18.0 Å². The second-order valence-electron chi connectivity index (χ2n) is 5.70. The van der Waals surface area contributed by atoms with Gasteiger partial charge in [0.15, 0.2) is 0 Å². The fraction of sp³-hybridized carbons (Fsp3) is 0.278. The first-order valence-electron chi connectivity index (χ1n) is 7.45. The Balaban J connectivity index is 2.01. The summed E-state index contributed by atoms with van der Waals surface area (Å²) >= 11 is 0. The molecule has 2 aromatic carbocycles. The monoisotopic (exact) mass is 319 g/mol. The molecule has 0 atom stereocenters. The SMILES string of the molecule is CC(=O)N1CCCc2cc(-c3cccc(C(F)(F)F)c3)ccc21. The van der Waals surface area contributed by atoms with Gasteiger partial charge in [0, 0.05) is 19.2 Å². The lowest BCUT2D eigenvalue weighted by atomic mass is 9.95. The van der Waals surface area contributed by atoms with E-state index < -0.39 is 11.7 Å². The number of amides is 1. The van der Waals surface area contributed by atoms with E-state index in [0.717, 1.165) is 41.8 Å². The minimum absolute atomic E-state index is 0.0160. The Kier molecular flexibility index (Phi) is 3.88. The van der Waals surface area contributed by atoms with E-state index in [2.05, 4.69) is 0 Å². The van der Waals surface area contributed by atoms with Gasteiger partial charge in [0.05, 0.1) is 5.56 Å². The normalized spacial score (nSPS) is 14.5. The molecule has 0 aromatic heterocycles. The molecule has 1 amide bonds. The summed E-state index contributed by atoms with van der Waals surface area (Å²) in [5.41, 5.74) is 2.47. The maximum atomic E-state index is 12.9. The van der Waals surface area contributed by atoms with Crippen LogP contribution in [0.1, 0.15) is 24.5 Å². The van der Waals surface area contributed by atoms with E-state index in [9.17, 15) is 18.0 Å². The molecule has 0 saturated heterocycles. The molecule has 1 aliphatic rings. The molecule has 0 bridgehead atoms. The number of carbonyl (C=O) groups is 1. The molecule has 120 valence electrons. The van der Waals surface area contributed by atoms with Crippen LogP contribution in [-0.2, 0) is 17.4 Å². The van der Waals surface area contributed by atoms with Gasteiger partial charge in [-0.25, -0.2) is 0 Å². The van der Waals surface area contributed by atoms with Gasteiger partial charge in [0.1, 0.15) is 0 Å². The van der Waals surface area contributed by atoms with Crippen molar-refractivity contribution >= 4 is 11.6 Å². The number of aryl methyl sites for hydroxylation is 1. The van der Waals surface area contributed by atoms with Gasteiger partial charge in [-0.1, -0.05) is 18.2 Å². The Morgan fingerprint density at radius 3 is 2.52 bits per heavy atom. The number of rotatable bonds is 1. The van der Waals surface area contributed by atoms with Gasteiger partial charge in [-0.3, -0.25) is 4.79 Å². The predicted molar refractivity (Wildman–Crippen MR) is 83.2 cm³/mol. The maximum absolute atomic E-state index is 12.9. The smallest absolute Gasteiger partial charge is 0.312 e. The number of hydrogen-bond acceptors (Lipinski definition) is 1. The van der Waals surface area contributed by atoms with Gasteiger partial charge in [0.25, 0.3) is 0 Å². The quantitative estimate of drug-likeness (QED) is 0.748. The Labute approximate surface area is 132 Å². The molecule has 0 N–H and O–H groups in total. The van der Waals surface area contributed by atoms with Crippen LogP contribution in [0.3, 0.4) is 0 Å². The molecule has 0 spiro atoms. The van der Waals surface area contributed by atoms with Gasteiger partial charge in [-0.2, -0.15) is 13.2 Å². The number of benzene rings is 2. The van der Waals surface area contributed by atoms with E-state index in [1.807, 2.05) is 12.1 Å². The fourth-order valence-corrected chi connectivity index (χ4v) is 2.98. The van der Waals surface area contributed by atoms with E-state index in [1.165, 1.54) is 13.0 Å². The van der Waals surface area contributed by atoms with Crippen molar-refractivity contribution in [3.63, 3.8) is 0 Å². The first-order chi connectivity index (χ1) is 10.9. The van der Waals surface area contributed by atoms with Crippen molar-refractivity contribution in [2.24, 2.45) is 0 Å². The summed E-state index contributed by atoms with van der Waals surface area (Å²) < 4.78 is 38.6. The summed E-state index contributed by atoms with van der Waals surface area (Å²) in [6.07, 6.45) is -2.67. The molecule has 0 radical (unpaired) electrons. The molecule has 0 saturated carbocycles. The zero-order valence-corrected chi connectivity index (χ0v) is 12.7. The van der Waals surface area contributed by atoms with Gasteiger partial charge in [-0.05, 0) is 53.8 Å². The predicted octanol–water partition coefficient (Wildman–Crippen LogP) is 4.67. The summed E-state index contributed by atoms with van der Waals surface area (Å²) in [6.45, 7) is 2.21. The highest BCUT2D eigenvalue weighted by Crippen LogP contribution is 2.35. The average Bonchev–Trinajstić information content (AvgIpc) is 2.53. The first-order valence-corrected chi connectivity index (χ1v) is 7.45. The first kappa shape index (κ1) is 15.6. The van der Waals surface area contributed by atoms with Crippen LogP contribution in [-0.4, -0.2) is 12.5 Å². The van der Waals surface area contributed by atoms with E-state index in [1.54, 1.807) is 17.0 Å². The third-order valence-corrected chi connectivity index (χ3v) is 4.10. The summed E-state index contributed by atoms with van der Waals surface area (Å²) in [5.74, 6) is -0.0160. The number of anilines is 1. The van der Waals surface area contributed by atoms with Crippen molar-refractivity contribution in [3.05, 3.63) is 53.6 Å². The summed E-state index contributed by atoms with van der Waals surface area (Å²) in [4.78, 5) is 13.4. The number of carbonyl (C=O) groups excluding carboxylic acids is 1. The summed E-state index contributed by atoms with van der Waals surface area (Å²) in [6, 6.07) is 10.8. The van der Waals surface area contributed by atoms with Crippen molar-refractivity contribution in [2.45, 2.75) is 25.9 Å². The molecular formula is C18H16F3NO. The standard InChI is InChI=1S/C18H16F3NO/c1-12(23)22-9-3-5-15-10-14(7-8-17(15)22)13-4-2-6-16(11-13)18(19,20)21/h2,4,6-8,10-11H,3,5,9H2,1H3. The van der Waals surface area contributed by atoms with Crippen LogP contribution >= 0.6 is 0 Å². The topological polar surface area (TPSA) is 20.3 Å². The highest BCUT2D eigenvalue weighted by molar-refractivity contribution is 5.93. The third-order valence-electron chi connectivity index (χ3n) is 4.10.